The zero-order valence-electron chi connectivity index (χ0n) is 15.0. The van der Waals surface area contributed by atoms with Gasteiger partial charge in [-0.2, -0.15) is 0 Å². The molecular formula is C20H20I2O6. The maximum Gasteiger partial charge on any atom is 0.338 e. The van der Waals surface area contributed by atoms with Crippen molar-refractivity contribution >= 4 is 52.0 Å². The van der Waals surface area contributed by atoms with Gasteiger partial charge in [-0.15, -0.1) is 0 Å². The first-order chi connectivity index (χ1) is 13.7. The molecule has 3 rings (SSSR count). The first-order valence-corrected chi connectivity index (χ1v) is 10.6. The van der Waals surface area contributed by atoms with Crippen molar-refractivity contribution in [3.8, 4) is 5.75 Å². The largest absolute Gasteiger partial charge is 0.489 e. The van der Waals surface area contributed by atoms with Crippen LogP contribution in [0.1, 0.15) is 28.8 Å². The number of rotatable bonds is 8. The molecule has 6 nitrogen and oxygen atoms in total. The fourth-order valence-electron chi connectivity index (χ4n) is 2.85. The highest BCUT2D eigenvalue weighted by atomic mass is 127. The average Bonchev–Trinajstić information content (AvgIpc) is 2.76. The number of carbonyl (C=O) groups excluding carboxylic acids is 1. The lowest BCUT2D eigenvalue weighted by atomic mass is 10.1. The predicted molar refractivity (Wildman–Crippen MR) is 119 cm³/mol. The van der Waals surface area contributed by atoms with E-state index in [0.29, 0.717) is 30.8 Å². The monoisotopic (exact) mass is 610 g/mol. The van der Waals surface area contributed by atoms with Crippen molar-refractivity contribution in [3.63, 3.8) is 0 Å². The van der Waals surface area contributed by atoms with Crippen molar-refractivity contribution in [1.82, 2.24) is 0 Å². The van der Waals surface area contributed by atoms with Gasteiger partial charge in [-0.05, 0) is 29.8 Å². The van der Waals surface area contributed by atoms with E-state index in [0.717, 1.165) is 5.56 Å². The third kappa shape index (κ3) is 6.55. The molecule has 1 aliphatic heterocycles. The summed E-state index contributed by atoms with van der Waals surface area (Å²) in [6, 6.07) is 16.8. The lowest BCUT2D eigenvalue weighted by molar-refractivity contribution is -0.163. The van der Waals surface area contributed by atoms with Gasteiger partial charge in [0.15, 0.2) is 6.29 Å². The zero-order valence-corrected chi connectivity index (χ0v) is 19.3. The van der Waals surface area contributed by atoms with Gasteiger partial charge >= 0.3 is 5.97 Å². The maximum absolute atomic E-state index is 12.3. The quantitative estimate of drug-likeness (QED) is 0.309. The van der Waals surface area contributed by atoms with Crippen LogP contribution in [-0.4, -0.2) is 31.1 Å². The molecule has 8 heteroatoms. The Hall–Kier alpha value is -0.950. The molecule has 0 bridgehead atoms. The third-order valence-corrected chi connectivity index (χ3v) is 5.58. The molecule has 1 heterocycles. The molecule has 0 N–H and O–H groups in total. The molecule has 28 heavy (non-hydrogen) atoms. The fraction of sp³-hybridized carbons (Fsp3) is 0.350. The van der Waals surface area contributed by atoms with Gasteiger partial charge in [-0.3, -0.25) is 3.07 Å². The van der Waals surface area contributed by atoms with Gasteiger partial charge in [0.05, 0.1) is 17.8 Å². The van der Waals surface area contributed by atoms with Crippen LogP contribution >= 0.6 is 46.0 Å². The van der Waals surface area contributed by atoms with E-state index in [2.05, 4.69) is 0 Å². The number of ether oxygens (including phenoxy) is 3. The van der Waals surface area contributed by atoms with Crippen molar-refractivity contribution in [2.45, 2.75) is 37.9 Å². The SMILES string of the molecule is O=C(OCC1CC(OI)CC(OI)O1)c1ccc(OCc2ccccc2)cc1. The third-order valence-electron chi connectivity index (χ3n) is 4.29. The molecule has 0 spiro atoms. The Morgan fingerprint density at radius 3 is 2.43 bits per heavy atom. The molecule has 0 radical (unpaired) electrons. The van der Waals surface area contributed by atoms with Crippen LogP contribution in [0.5, 0.6) is 5.75 Å². The predicted octanol–water partition coefficient (Wildman–Crippen LogP) is 5.03. The number of halogens is 2. The number of esters is 1. The van der Waals surface area contributed by atoms with Gasteiger partial charge < -0.3 is 17.3 Å². The van der Waals surface area contributed by atoms with Crippen molar-refractivity contribution < 1.29 is 25.1 Å². The van der Waals surface area contributed by atoms with Crippen LogP contribution in [0, 0.1) is 0 Å². The number of benzene rings is 2. The fourth-order valence-corrected chi connectivity index (χ4v) is 3.59. The minimum absolute atomic E-state index is 0.0128. The smallest absolute Gasteiger partial charge is 0.338 e. The summed E-state index contributed by atoms with van der Waals surface area (Å²) in [6.45, 7) is 0.627. The zero-order chi connectivity index (χ0) is 19.8. The second-order valence-electron chi connectivity index (χ2n) is 6.36. The summed E-state index contributed by atoms with van der Waals surface area (Å²) in [5.41, 5.74) is 1.55. The molecule has 150 valence electrons. The van der Waals surface area contributed by atoms with Gasteiger partial charge in [-0.25, -0.2) is 4.79 Å². The summed E-state index contributed by atoms with van der Waals surface area (Å²) in [7, 11) is 0. The summed E-state index contributed by atoms with van der Waals surface area (Å²) in [6.07, 6.45) is 0.697. The minimum atomic E-state index is -0.400. The van der Waals surface area contributed by atoms with Crippen molar-refractivity contribution in [2.24, 2.45) is 0 Å². The Morgan fingerprint density at radius 2 is 1.75 bits per heavy atom. The Balaban J connectivity index is 1.47. The van der Waals surface area contributed by atoms with Crippen LogP contribution in [-0.2, 0) is 22.2 Å². The molecule has 0 aromatic heterocycles. The van der Waals surface area contributed by atoms with Crippen LogP contribution < -0.4 is 4.74 Å². The Bertz CT molecular complexity index is 728. The van der Waals surface area contributed by atoms with Crippen LogP contribution in [0.2, 0.25) is 0 Å². The summed E-state index contributed by atoms with van der Waals surface area (Å²) >= 11 is 3.68. The molecule has 1 fully saturated rings. The molecular weight excluding hydrogens is 590 g/mol. The van der Waals surface area contributed by atoms with Gasteiger partial charge in [-0.1, -0.05) is 30.3 Å². The van der Waals surface area contributed by atoms with E-state index in [1.165, 1.54) is 0 Å². The lowest BCUT2D eigenvalue weighted by Gasteiger charge is -2.32. The summed E-state index contributed by atoms with van der Waals surface area (Å²) in [4.78, 5) is 12.3. The van der Waals surface area contributed by atoms with Crippen LogP contribution in [0.15, 0.2) is 54.6 Å². The van der Waals surface area contributed by atoms with Crippen LogP contribution in [0.3, 0.4) is 0 Å². The van der Waals surface area contributed by atoms with Gasteiger partial charge in [0, 0.05) is 12.8 Å². The summed E-state index contributed by atoms with van der Waals surface area (Å²) < 4.78 is 27.5. The van der Waals surface area contributed by atoms with Gasteiger partial charge in [0.1, 0.15) is 65.0 Å². The number of hydrogen-bond acceptors (Lipinski definition) is 6. The molecule has 0 amide bonds. The Kier molecular flexibility index (Phi) is 8.77. The molecule has 2 aromatic carbocycles. The van der Waals surface area contributed by atoms with Crippen LogP contribution in [0.4, 0.5) is 0 Å². The summed E-state index contributed by atoms with van der Waals surface area (Å²) in [5.74, 6) is 0.294. The highest BCUT2D eigenvalue weighted by molar-refractivity contribution is 14.1. The normalized spacial score (nSPS) is 21.9. The topological polar surface area (TPSA) is 63.2 Å². The standard InChI is InChI=1S/C20H20I2O6/c21-27-17-10-18(26-19(11-17)28-22)13-25-20(23)15-6-8-16(9-7-15)24-12-14-4-2-1-3-5-14/h1-9,17-19H,10-13H2. The first-order valence-electron chi connectivity index (χ1n) is 8.82. The molecule has 2 aromatic rings. The lowest BCUT2D eigenvalue weighted by Crippen LogP contribution is -2.39. The first kappa shape index (κ1) is 21.8. The highest BCUT2D eigenvalue weighted by Crippen LogP contribution is 2.26. The molecule has 0 aliphatic carbocycles. The highest BCUT2D eigenvalue weighted by Gasteiger charge is 2.31. The summed E-state index contributed by atoms with van der Waals surface area (Å²) in [5, 5.41) is 0. The minimum Gasteiger partial charge on any atom is -0.489 e. The van der Waals surface area contributed by atoms with Gasteiger partial charge in [0.25, 0.3) is 0 Å². The van der Waals surface area contributed by atoms with Crippen molar-refractivity contribution in [1.29, 1.82) is 0 Å². The molecule has 1 saturated heterocycles. The number of carbonyl (C=O) groups is 1. The van der Waals surface area contributed by atoms with E-state index in [1.807, 2.05) is 53.3 Å². The van der Waals surface area contributed by atoms with E-state index >= 15 is 0 Å². The van der Waals surface area contributed by atoms with E-state index in [9.17, 15) is 4.79 Å². The molecule has 3 unspecified atom stereocenters. The van der Waals surface area contributed by atoms with E-state index in [4.69, 9.17) is 20.3 Å². The van der Waals surface area contributed by atoms with Crippen molar-refractivity contribution in [2.75, 3.05) is 6.61 Å². The van der Waals surface area contributed by atoms with Gasteiger partial charge in [0.2, 0.25) is 0 Å². The molecule has 0 saturated carbocycles. The maximum atomic E-state index is 12.3. The van der Waals surface area contributed by atoms with E-state index in [-0.39, 0.29) is 25.1 Å². The molecule has 1 aliphatic rings. The molecule has 3 atom stereocenters. The second-order valence-corrected chi connectivity index (χ2v) is 7.37. The van der Waals surface area contributed by atoms with E-state index < -0.39 is 5.97 Å². The second kappa shape index (κ2) is 11.3. The Labute approximate surface area is 192 Å². The average molecular weight is 610 g/mol. The van der Waals surface area contributed by atoms with E-state index in [1.54, 1.807) is 47.3 Å². The number of hydrogen-bond donors (Lipinski definition) is 0. The Morgan fingerprint density at radius 1 is 1.00 bits per heavy atom. The van der Waals surface area contributed by atoms with Crippen molar-refractivity contribution in [3.05, 3.63) is 65.7 Å². The van der Waals surface area contributed by atoms with Crippen LogP contribution in [0.25, 0.3) is 0 Å².